The van der Waals surface area contributed by atoms with Crippen molar-refractivity contribution in [2.75, 3.05) is 13.1 Å². The zero-order chi connectivity index (χ0) is 19.6. The molecule has 0 radical (unpaired) electrons. The molecule has 2 nitrogen and oxygen atoms in total. The first kappa shape index (κ1) is 20.6. The molecule has 0 fully saturated rings. The van der Waals surface area contributed by atoms with Crippen LogP contribution in [0.2, 0.25) is 5.02 Å². The molecule has 0 saturated heterocycles. The van der Waals surface area contributed by atoms with Crippen LogP contribution in [0.3, 0.4) is 0 Å². The molecule has 3 heteroatoms. The molecule has 0 aliphatic carbocycles. The van der Waals surface area contributed by atoms with Gasteiger partial charge in [-0.25, -0.2) is 0 Å². The zero-order valence-electron chi connectivity index (χ0n) is 16.6. The standard InChI is InChI=1S/C25H29ClN2/c1-21-17-24(13-14-25(21)26)18-27-15-8-16-28(19-22-9-4-2-5-10-22)20-23-11-6-3-7-12-23/h2-7,9-14,17,27H,8,15-16,18-20H2,1H3. The smallest absolute Gasteiger partial charge is 0.0435 e. The van der Waals surface area contributed by atoms with Crippen LogP contribution in [0.1, 0.15) is 28.7 Å². The van der Waals surface area contributed by atoms with Gasteiger partial charge in [-0.3, -0.25) is 4.90 Å². The number of halogens is 1. The van der Waals surface area contributed by atoms with Gasteiger partial charge >= 0.3 is 0 Å². The highest BCUT2D eigenvalue weighted by Gasteiger charge is 2.07. The van der Waals surface area contributed by atoms with E-state index in [1.165, 1.54) is 16.7 Å². The molecule has 0 bridgehead atoms. The Morgan fingerprint density at radius 1 is 0.786 bits per heavy atom. The predicted octanol–water partition coefficient (Wildman–Crippen LogP) is 5.83. The van der Waals surface area contributed by atoms with Crippen LogP contribution in [0.25, 0.3) is 0 Å². The number of hydrogen-bond donors (Lipinski definition) is 1. The van der Waals surface area contributed by atoms with Crippen molar-refractivity contribution in [1.29, 1.82) is 0 Å². The highest BCUT2D eigenvalue weighted by Crippen LogP contribution is 2.16. The van der Waals surface area contributed by atoms with Gasteiger partial charge in [0.25, 0.3) is 0 Å². The molecular weight excluding hydrogens is 364 g/mol. The summed E-state index contributed by atoms with van der Waals surface area (Å²) in [6, 6.07) is 27.7. The fourth-order valence-electron chi connectivity index (χ4n) is 3.37. The molecular formula is C25H29ClN2. The number of nitrogens with one attached hydrogen (secondary N) is 1. The second-order valence-corrected chi connectivity index (χ2v) is 7.70. The van der Waals surface area contributed by atoms with Crippen LogP contribution in [-0.2, 0) is 19.6 Å². The van der Waals surface area contributed by atoms with E-state index < -0.39 is 0 Å². The molecule has 0 unspecified atom stereocenters. The lowest BCUT2D eigenvalue weighted by atomic mass is 10.1. The fraction of sp³-hybridized carbons (Fsp3) is 0.280. The van der Waals surface area contributed by atoms with Crippen LogP contribution in [0, 0.1) is 6.92 Å². The van der Waals surface area contributed by atoms with Crippen LogP contribution in [0.4, 0.5) is 0 Å². The lowest BCUT2D eigenvalue weighted by Gasteiger charge is -2.23. The minimum atomic E-state index is 0.834. The summed E-state index contributed by atoms with van der Waals surface area (Å²) in [6.07, 6.45) is 1.12. The summed E-state index contributed by atoms with van der Waals surface area (Å²) in [6.45, 7) is 6.96. The SMILES string of the molecule is Cc1cc(CNCCCN(Cc2ccccc2)Cc2ccccc2)ccc1Cl. The van der Waals surface area contributed by atoms with Gasteiger partial charge in [0.15, 0.2) is 0 Å². The molecule has 28 heavy (non-hydrogen) atoms. The van der Waals surface area contributed by atoms with Gasteiger partial charge in [0.1, 0.15) is 0 Å². The largest absolute Gasteiger partial charge is 0.313 e. The van der Waals surface area contributed by atoms with Crippen molar-refractivity contribution in [1.82, 2.24) is 10.2 Å². The summed E-state index contributed by atoms with van der Waals surface area (Å²) in [7, 11) is 0. The summed E-state index contributed by atoms with van der Waals surface area (Å²) in [5.74, 6) is 0. The zero-order valence-corrected chi connectivity index (χ0v) is 17.3. The summed E-state index contributed by atoms with van der Waals surface area (Å²) in [5, 5.41) is 4.40. The number of benzene rings is 3. The van der Waals surface area contributed by atoms with Crippen LogP contribution >= 0.6 is 11.6 Å². The topological polar surface area (TPSA) is 15.3 Å². The Morgan fingerprint density at radius 2 is 1.39 bits per heavy atom. The molecule has 0 aliphatic rings. The van der Waals surface area contributed by atoms with Crippen LogP contribution in [0.5, 0.6) is 0 Å². The monoisotopic (exact) mass is 392 g/mol. The van der Waals surface area contributed by atoms with Crippen molar-refractivity contribution in [3.8, 4) is 0 Å². The number of hydrogen-bond acceptors (Lipinski definition) is 2. The van der Waals surface area contributed by atoms with E-state index in [1.807, 2.05) is 6.07 Å². The first-order chi connectivity index (χ1) is 13.7. The van der Waals surface area contributed by atoms with Gasteiger partial charge in [-0.1, -0.05) is 84.4 Å². The maximum absolute atomic E-state index is 6.11. The maximum atomic E-state index is 6.11. The van der Waals surface area contributed by atoms with Gasteiger partial charge in [0, 0.05) is 31.2 Å². The Hall–Kier alpha value is -2.13. The molecule has 146 valence electrons. The van der Waals surface area contributed by atoms with Gasteiger partial charge in [-0.15, -0.1) is 0 Å². The second-order valence-electron chi connectivity index (χ2n) is 7.30. The minimum Gasteiger partial charge on any atom is -0.313 e. The molecule has 0 spiro atoms. The van der Waals surface area contributed by atoms with E-state index in [0.717, 1.165) is 49.7 Å². The molecule has 0 aromatic heterocycles. The summed E-state index contributed by atoms with van der Waals surface area (Å²) < 4.78 is 0. The van der Waals surface area contributed by atoms with E-state index in [1.54, 1.807) is 0 Å². The summed E-state index contributed by atoms with van der Waals surface area (Å²) >= 11 is 6.11. The van der Waals surface area contributed by atoms with Gasteiger partial charge in [0.2, 0.25) is 0 Å². The molecule has 0 amide bonds. The second kappa shape index (κ2) is 11.0. The van der Waals surface area contributed by atoms with E-state index in [4.69, 9.17) is 11.6 Å². The normalized spacial score (nSPS) is 11.1. The van der Waals surface area contributed by atoms with Crippen molar-refractivity contribution < 1.29 is 0 Å². The Labute approximate surface area is 174 Å². The molecule has 1 N–H and O–H groups in total. The number of rotatable bonds is 10. The molecule has 0 saturated carbocycles. The Morgan fingerprint density at radius 3 is 1.96 bits per heavy atom. The van der Waals surface area contributed by atoms with Gasteiger partial charge in [0.05, 0.1) is 0 Å². The van der Waals surface area contributed by atoms with Crippen LogP contribution in [0.15, 0.2) is 78.9 Å². The molecule has 3 rings (SSSR count). The average molecular weight is 393 g/mol. The molecule has 3 aromatic carbocycles. The summed E-state index contributed by atoms with van der Waals surface area (Å²) in [4.78, 5) is 2.53. The molecule has 0 aliphatic heterocycles. The highest BCUT2D eigenvalue weighted by molar-refractivity contribution is 6.31. The van der Waals surface area contributed by atoms with Gasteiger partial charge in [-0.2, -0.15) is 0 Å². The van der Waals surface area contributed by atoms with Gasteiger partial charge < -0.3 is 5.32 Å². The lowest BCUT2D eigenvalue weighted by Crippen LogP contribution is -2.27. The van der Waals surface area contributed by atoms with E-state index in [0.29, 0.717) is 0 Å². The maximum Gasteiger partial charge on any atom is 0.0435 e. The van der Waals surface area contributed by atoms with Crippen LogP contribution in [-0.4, -0.2) is 18.0 Å². The Balaban J connectivity index is 1.48. The lowest BCUT2D eigenvalue weighted by molar-refractivity contribution is 0.252. The van der Waals surface area contributed by atoms with Crippen molar-refractivity contribution in [3.63, 3.8) is 0 Å². The number of nitrogens with zero attached hydrogens (tertiary/aromatic N) is 1. The molecule has 0 heterocycles. The van der Waals surface area contributed by atoms with Crippen LogP contribution < -0.4 is 5.32 Å². The quantitative estimate of drug-likeness (QED) is 0.436. The van der Waals surface area contributed by atoms with E-state index in [-0.39, 0.29) is 0 Å². The third-order valence-corrected chi connectivity index (χ3v) is 5.30. The third-order valence-electron chi connectivity index (χ3n) is 4.88. The molecule has 0 atom stereocenters. The third kappa shape index (κ3) is 6.79. The van der Waals surface area contributed by atoms with E-state index in [9.17, 15) is 0 Å². The van der Waals surface area contributed by atoms with E-state index in [2.05, 4.69) is 89.9 Å². The van der Waals surface area contributed by atoms with Crippen molar-refractivity contribution in [3.05, 3.63) is 106 Å². The molecule has 3 aromatic rings. The Bertz CT molecular complexity index is 792. The van der Waals surface area contributed by atoms with Crippen molar-refractivity contribution in [2.45, 2.75) is 33.0 Å². The highest BCUT2D eigenvalue weighted by atomic mass is 35.5. The summed E-state index contributed by atoms with van der Waals surface area (Å²) in [5.41, 5.74) is 5.15. The predicted molar refractivity (Wildman–Crippen MR) is 120 cm³/mol. The van der Waals surface area contributed by atoms with Gasteiger partial charge in [-0.05, 0) is 48.2 Å². The fourth-order valence-corrected chi connectivity index (χ4v) is 3.49. The number of aryl methyl sites for hydroxylation is 1. The first-order valence-electron chi connectivity index (χ1n) is 9.96. The first-order valence-corrected chi connectivity index (χ1v) is 10.3. The Kier molecular flexibility index (Phi) is 8.10. The van der Waals surface area contributed by atoms with E-state index >= 15 is 0 Å². The van der Waals surface area contributed by atoms with Crippen molar-refractivity contribution >= 4 is 11.6 Å². The minimum absolute atomic E-state index is 0.834. The van der Waals surface area contributed by atoms with Crippen molar-refractivity contribution in [2.24, 2.45) is 0 Å². The average Bonchev–Trinajstić information content (AvgIpc) is 2.72.